The molecule has 4 heteroatoms. The molecule has 0 saturated heterocycles. The van der Waals surface area contributed by atoms with Crippen molar-refractivity contribution in [2.24, 2.45) is 11.8 Å². The van der Waals surface area contributed by atoms with Gasteiger partial charge < -0.3 is 4.57 Å². The third kappa shape index (κ3) is 2.01. The molecule has 20 heavy (non-hydrogen) atoms. The fourth-order valence-electron chi connectivity index (χ4n) is 4.27. The van der Waals surface area contributed by atoms with E-state index < -0.39 is 0 Å². The lowest BCUT2D eigenvalue weighted by Crippen LogP contribution is -2.18. The zero-order valence-electron chi connectivity index (χ0n) is 11.4. The summed E-state index contributed by atoms with van der Waals surface area (Å²) in [5, 5.41) is 0. The summed E-state index contributed by atoms with van der Waals surface area (Å²) in [5.74, 6) is 3.61. The zero-order chi connectivity index (χ0) is 13.7. The number of fused-ring (bicyclic) bond motifs is 3. The Hall–Kier alpha value is -0.540. The van der Waals surface area contributed by atoms with E-state index in [2.05, 4.69) is 38.7 Å². The van der Waals surface area contributed by atoms with E-state index in [1.54, 1.807) is 0 Å². The molecular formula is C16H18BrClN2. The lowest BCUT2D eigenvalue weighted by molar-refractivity contribution is 0.329. The second-order valence-corrected chi connectivity index (χ2v) is 7.51. The molecule has 0 amide bonds. The standard InChI is InChI=1S/C16H18BrClN2/c17-12-3-4-13-15(9-12)20(16(19-13)5-6-18)14-8-10-1-2-11(14)7-10/h3-4,9-11,14H,1-2,5-8H2. The maximum atomic E-state index is 5.99. The van der Waals surface area contributed by atoms with Gasteiger partial charge in [-0.25, -0.2) is 4.98 Å². The van der Waals surface area contributed by atoms with Gasteiger partial charge in [-0.15, -0.1) is 11.6 Å². The number of benzene rings is 1. The smallest absolute Gasteiger partial charge is 0.111 e. The van der Waals surface area contributed by atoms with Crippen molar-refractivity contribution in [3.63, 3.8) is 0 Å². The van der Waals surface area contributed by atoms with E-state index in [1.807, 2.05) is 0 Å². The van der Waals surface area contributed by atoms with E-state index in [0.717, 1.165) is 28.2 Å². The van der Waals surface area contributed by atoms with E-state index in [4.69, 9.17) is 16.6 Å². The van der Waals surface area contributed by atoms with E-state index >= 15 is 0 Å². The lowest BCUT2D eigenvalue weighted by atomic mass is 9.95. The molecule has 3 atom stereocenters. The molecule has 2 aliphatic carbocycles. The van der Waals surface area contributed by atoms with E-state index in [0.29, 0.717) is 11.9 Å². The summed E-state index contributed by atoms with van der Waals surface area (Å²) in [4.78, 5) is 4.83. The predicted molar refractivity (Wildman–Crippen MR) is 86.3 cm³/mol. The van der Waals surface area contributed by atoms with Gasteiger partial charge in [0, 0.05) is 22.8 Å². The van der Waals surface area contributed by atoms with Gasteiger partial charge in [-0.2, -0.15) is 0 Å². The molecule has 0 aliphatic heterocycles. The Kier molecular flexibility index (Phi) is 3.30. The van der Waals surface area contributed by atoms with Crippen LogP contribution in [0.1, 0.15) is 37.5 Å². The first-order valence-electron chi connectivity index (χ1n) is 7.48. The van der Waals surface area contributed by atoms with Crippen LogP contribution in [-0.4, -0.2) is 15.4 Å². The number of aromatic nitrogens is 2. The normalized spacial score (nSPS) is 28.6. The predicted octanol–water partition coefficient (Wildman–Crippen LogP) is 4.94. The quantitative estimate of drug-likeness (QED) is 0.715. The number of imidazole rings is 1. The molecule has 2 saturated carbocycles. The molecule has 0 radical (unpaired) electrons. The zero-order valence-corrected chi connectivity index (χ0v) is 13.7. The monoisotopic (exact) mass is 352 g/mol. The van der Waals surface area contributed by atoms with Crippen molar-refractivity contribution in [2.45, 2.75) is 38.1 Å². The molecule has 2 bridgehead atoms. The molecule has 106 valence electrons. The number of halogens is 2. The molecule has 1 aromatic heterocycles. The Morgan fingerprint density at radius 2 is 2.20 bits per heavy atom. The van der Waals surface area contributed by atoms with Crippen molar-refractivity contribution < 1.29 is 0 Å². The van der Waals surface area contributed by atoms with Gasteiger partial charge in [-0.05, 0) is 49.3 Å². The molecule has 2 aliphatic rings. The van der Waals surface area contributed by atoms with E-state index in [1.165, 1.54) is 37.0 Å². The highest BCUT2D eigenvalue weighted by Crippen LogP contribution is 2.51. The Bertz CT molecular complexity index is 651. The van der Waals surface area contributed by atoms with Gasteiger partial charge in [0.25, 0.3) is 0 Å². The van der Waals surface area contributed by atoms with Crippen LogP contribution in [0.2, 0.25) is 0 Å². The minimum Gasteiger partial charge on any atom is -0.325 e. The van der Waals surface area contributed by atoms with Gasteiger partial charge >= 0.3 is 0 Å². The van der Waals surface area contributed by atoms with Crippen LogP contribution in [0, 0.1) is 11.8 Å². The lowest BCUT2D eigenvalue weighted by Gasteiger charge is -2.25. The first-order chi connectivity index (χ1) is 9.76. The van der Waals surface area contributed by atoms with Crippen LogP contribution in [0.25, 0.3) is 11.0 Å². The van der Waals surface area contributed by atoms with Crippen LogP contribution in [0.15, 0.2) is 22.7 Å². The summed E-state index contributed by atoms with van der Waals surface area (Å²) in [7, 11) is 0. The Morgan fingerprint density at radius 1 is 1.30 bits per heavy atom. The van der Waals surface area contributed by atoms with Crippen LogP contribution in [0.5, 0.6) is 0 Å². The Balaban J connectivity index is 1.86. The summed E-state index contributed by atoms with van der Waals surface area (Å²) in [6.07, 6.45) is 6.43. The van der Waals surface area contributed by atoms with Crippen LogP contribution < -0.4 is 0 Å². The number of aryl methyl sites for hydroxylation is 1. The third-order valence-corrected chi connectivity index (χ3v) is 5.76. The van der Waals surface area contributed by atoms with Crippen molar-refractivity contribution >= 4 is 38.6 Å². The Labute approximate surface area is 132 Å². The highest BCUT2D eigenvalue weighted by molar-refractivity contribution is 9.10. The van der Waals surface area contributed by atoms with Gasteiger partial charge in [-0.3, -0.25) is 0 Å². The summed E-state index contributed by atoms with van der Waals surface area (Å²) < 4.78 is 3.64. The van der Waals surface area contributed by atoms with Crippen molar-refractivity contribution in [3.05, 3.63) is 28.5 Å². The second kappa shape index (κ2) is 5.03. The first kappa shape index (κ1) is 13.1. The number of hydrogen-bond acceptors (Lipinski definition) is 1. The molecular weight excluding hydrogens is 336 g/mol. The summed E-state index contributed by atoms with van der Waals surface area (Å²) in [6, 6.07) is 7.05. The fraction of sp³-hybridized carbons (Fsp3) is 0.562. The highest BCUT2D eigenvalue weighted by Gasteiger charge is 2.41. The number of hydrogen-bond donors (Lipinski definition) is 0. The largest absolute Gasteiger partial charge is 0.325 e. The molecule has 2 nitrogen and oxygen atoms in total. The molecule has 0 spiro atoms. The molecule has 1 aromatic carbocycles. The van der Waals surface area contributed by atoms with Gasteiger partial charge in [-0.1, -0.05) is 22.4 Å². The van der Waals surface area contributed by atoms with Gasteiger partial charge in [0.1, 0.15) is 5.82 Å². The fourth-order valence-corrected chi connectivity index (χ4v) is 4.79. The van der Waals surface area contributed by atoms with Crippen molar-refractivity contribution in [2.75, 3.05) is 5.88 Å². The summed E-state index contributed by atoms with van der Waals surface area (Å²) in [5.41, 5.74) is 2.38. The third-order valence-electron chi connectivity index (χ3n) is 5.08. The van der Waals surface area contributed by atoms with Crippen molar-refractivity contribution in [1.29, 1.82) is 0 Å². The first-order valence-corrected chi connectivity index (χ1v) is 8.81. The van der Waals surface area contributed by atoms with Crippen LogP contribution >= 0.6 is 27.5 Å². The highest BCUT2D eigenvalue weighted by atomic mass is 79.9. The molecule has 2 aromatic rings. The molecule has 1 heterocycles. The number of nitrogens with zero attached hydrogens (tertiary/aromatic N) is 2. The average molecular weight is 354 g/mol. The molecule has 0 N–H and O–H groups in total. The minimum atomic E-state index is 0.644. The topological polar surface area (TPSA) is 17.8 Å². The minimum absolute atomic E-state index is 0.644. The SMILES string of the molecule is ClCCc1nc2ccc(Br)cc2n1C1CC2CCC1C2. The van der Waals surface area contributed by atoms with Crippen LogP contribution in [-0.2, 0) is 6.42 Å². The average Bonchev–Trinajstić information content (AvgIpc) is 3.11. The number of rotatable bonds is 3. The van der Waals surface area contributed by atoms with E-state index in [-0.39, 0.29) is 0 Å². The molecule has 4 rings (SSSR count). The summed E-state index contributed by atoms with van der Waals surface area (Å²) in [6.45, 7) is 0. The maximum absolute atomic E-state index is 5.99. The van der Waals surface area contributed by atoms with Crippen molar-refractivity contribution in [3.8, 4) is 0 Å². The molecule has 3 unspecified atom stereocenters. The number of alkyl halides is 1. The van der Waals surface area contributed by atoms with Crippen LogP contribution in [0.4, 0.5) is 0 Å². The molecule has 2 fully saturated rings. The van der Waals surface area contributed by atoms with Gasteiger partial charge in [0.05, 0.1) is 11.0 Å². The van der Waals surface area contributed by atoms with Crippen molar-refractivity contribution in [1.82, 2.24) is 9.55 Å². The summed E-state index contributed by atoms with van der Waals surface area (Å²) >= 11 is 9.59. The maximum Gasteiger partial charge on any atom is 0.111 e. The van der Waals surface area contributed by atoms with E-state index in [9.17, 15) is 0 Å². The van der Waals surface area contributed by atoms with Crippen LogP contribution in [0.3, 0.4) is 0 Å². The Morgan fingerprint density at radius 3 is 2.90 bits per heavy atom. The van der Waals surface area contributed by atoms with Gasteiger partial charge in [0.2, 0.25) is 0 Å². The second-order valence-electron chi connectivity index (χ2n) is 6.21. The van der Waals surface area contributed by atoms with Gasteiger partial charge in [0.15, 0.2) is 0 Å².